The molecule has 96 valence electrons. The van der Waals surface area contributed by atoms with Crippen molar-refractivity contribution in [3.63, 3.8) is 0 Å². The predicted molar refractivity (Wildman–Crippen MR) is 64.2 cm³/mol. The molecule has 1 unspecified atom stereocenters. The van der Waals surface area contributed by atoms with Gasteiger partial charge in [0.2, 0.25) is 0 Å². The fourth-order valence-electron chi connectivity index (χ4n) is 1.44. The van der Waals surface area contributed by atoms with Crippen molar-refractivity contribution < 1.29 is 8.78 Å². The van der Waals surface area contributed by atoms with Crippen LogP contribution in [0, 0.1) is 11.6 Å². The van der Waals surface area contributed by atoms with E-state index in [1.54, 1.807) is 7.05 Å². The van der Waals surface area contributed by atoms with Gasteiger partial charge in [0.05, 0.1) is 10.5 Å². The van der Waals surface area contributed by atoms with Crippen LogP contribution in [0.15, 0.2) is 16.6 Å². The van der Waals surface area contributed by atoms with E-state index >= 15 is 0 Å². The minimum Gasteiger partial charge on any atom is -0.311 e. The van der Waals surface area contributed by atoms with Crippen molar-refractivity contribution in [3.05, 3.63) is 34.1 Å². The molecule has 2 aromatic rings. The molecule has 2 rings (SSSR count). The maximum Gasteiger partial charge on any atom is 0.173 e. The van der Waals surface area contributed by atoms with E-state index in [1.165, 1.54) is 4.68 Å². The minimum absolute atomic E-state index is 0.0298. The molecule has 0 aliphatic carbocycles. The van der Waals surface area contributed by atoms with Gasteiger partial charge in [-0.1, -0.05) is 0 Å². The Kier molecular flexibility index (Phi) is 3.67. The predicted octanol–water partition coefficient (Wildman–Crippen LogP) is 1.98. The van der Waals surface area contributed by atoms with Gasteiger partial charge in [0, 0.05) is 6.07 Å². The highest BCUT2D eigenvalue weighted by Gasteiger charge is 2.18. The molecule has 1 atom stereocenters. The zero-order valence-corrected chi connectivity index (χ0v) is 11.2. The van der Waals surface area contributed by atoms with Crippen LogP contribution < -0.4 is 5.32 Å². The fraction of sp³-hybridized carbons (Fsp3) is 0.300. The molecule has 1 N–H and O–H groups in total. The maximum absolute atomic E-state index is 13.8. The summed E-state index contributed by atoms with van der Waals surface area (Å²) in [6.45, 7) is 1.81. The number of nitrogens with one attached hydrogen (secondary N) is 1. The summed E-state index contributed by atoms with van der Waals surface area (Å²) in [4.78, 5) is 0. The number of rotatable bonds is 3. The van der Waals surface area contributed by atoms with Gasteiger partial charge in [0.25, 0.3) is 0 Å². The molecule has 0 radical (unpaired) electrons. The van der Waals surface area contributed by atoms with Crippen LogP contribution in [0.2, 0.25) is 0 Å². The van der Waals surface area contributed by atoms with E-state index < -0.39 is 11.6 Å². The second kappa shape index (κ2) is 5.07. The second-order valence-electron chi connectivity index (χ2n) is 3.68. The highest BCUT2D eigenvalue weighted by Crippen LogP contribution is 2.23. The molecule has 18 heavy (non-hydrogen) atoms. The second-order valence-corrected chi connectivity index (χ2v) is 4.53. The topological polar surface area (TPSA) is 55.6 Å². The zero-order chi connectivity index (χ0) is 13.3. The van der Waals surface area contributed by atoms with Gasteiger partial charge in [-0.2, -0.15) is 4.68 Å². The van der Waals surface area contributed by atoms with Crippen LogP contribution in [0.4, 0.5) is 8.78 Å². The van der Waals surface area contributed by atoms with Crippen LogP contribution in [0.5, 0.6) is 0 Å². The first kappa shape index (κ1) is 13.0. The van der Waals surface area contributed by atoms with Crippen LogP contribution in [-0.4, -0.2) is 27.3 Å². The number of aromatic nitrogens is 4. The monoisotopic (exact) mass is 317 g/mol. The van der Waals surface area contributed by atoms with Crippen molar-refractivity contribution in [2.75, 3.05) is 7.05 Å². The van der Waals surface area contributed by atoms with Crippen molar-refractivity contribution in [1.82, 2.24) is 25.5 Å². The molecule has 1 heterocycles. The summed E-state index contributed by atoms with van der Waals surface area (Å²) in [5, 5.41) is 13.9. The van der Waals surface area contributed by atoms with E-state index in [0.717, 1.165) is 12.1 Å². The third-order valence-corrected chi connectivity index (χ3v) is 3.14. The number of benzene rings is 1. The lowest BCUT2D eigenvalue weighted by Crippen LogP contribution is -2.18. The lowest BCUT2D eigenvalue weighted by atomic mass is 10.2. The van der Waals surface area contributed by atoms with E-state index in [2.05, 4.69) is 36.8 Å². The molecule has 0 saturated carbocycles. The summed E-state index contributed by atoms with van der Waals surface area (Å²) in [6.07, 6.45) is 0. The smallest absolute Gasteiger partial charge is 0.173 e. The Morgan fingerprint density at radius 1 is 1.33 bits per heavy atom. The third kappa shape index (κ3) is 2.25. The summed E-state index contributed by atoms with van der Waals surface area (Å²) in [5.74, 6) is -0.789. The van der Waals surface area contributed by atoms with E-state index in [9.17, 15) is 8.78 Å². The summed E-state index contributed by atoms with van der Waals surface area (Å²) in [7, 11) is 1.72. The van der Waals surface area contributed by atoms with E-state index in [-0.39, 0.29) is 16.2 Å². The van der Waals surface area contributed by atoms with Crippen LogP contribution >= 0.6 is 15.9 Å². The van der Waals surface area contributed by atoms with Crippen molar-refractivity contribution in [3.8, 4) is 5.69 Å². The van der Waals surface area contributed by atoms with Gasteiger partial charge in [0.15, 0.2) is 5.82 Å². The Bertz CT molecular complexity index is 571. The molecule has 1 aromatic carbocycles. The first-order chi connectivity index (χ1) is 8.54. The Balaban J connectivity index is 2.56. The SMILES string of the molecule is CNC(C)c1nnnn1-c1cc(F)c(Br)cc1F. The third-order valence-electron chi connectivity index (χ3n) is 2.53. The molecule has 0 saturated heterocycles. The molecule has 0 amide bonds. The van der Waals surface area contributed by atoms with Crippen LogP contribution in [0.25, 0.3) is 5.69 Å². The summed E-state index contributed by atoms with van der Waals surface area (Å²) < 4.78 is 28.5. The Labute approximate surface area is 110 Å². The molecule has 0 fully saturated rings. The highest BCUT2D eigenvalue weighted by atomic mass is 79.9. The molecule has 5 nitrogen and oxygen atoms in total. The molecule has 1 aromatic heterocycles. The van der Waals surface area contributed by atoms with Crippen LogP contribution in [0.1, 0.15) is 18.8 Å². The van der Waals surface area contributed by atoms with E-state index in [0.29, 0.717) is 5.82 Å². The first-order valence-electron chi connectivity index (χ1n) is 5.15. The number of hydrogen-bond donors (Lipinski definition) is 1. The quantitative estimate of drug-likeness (QED) is 0.880. The van der Waals surface area contributed by atoms with Gasteiger partial charge < -0.3 is 5.32 Å². The van der Waals surface area contributed by atoms with Crippen molar-refractivity contribution in [2.24, 2.45) is 0 Å². The van der Waals surface area contributed by atoms with Crippen LogP contribution in [-0.2, 0) is 0 Å². The average Bonchev–Trinajstić information content (AvgIpc) is 2.81. The van der Waals surface area contributed by atoms with Gasteiger partial charge in [0.1, 0.15) is 17.3 Å². The van der Waals surface area contributed by atoms with Gasteiger partial charge in [-0.25, -0.2) is 8.78 Å². The Morgan fingerprint density at radius 2 is 2.06 bits per heavy atom. The Hall–Kier alpha value is -1.41. The molecule has 0 spiro atoms. The molecular formula is C10H10BrF2N5. The molecule has 0 bridgehead atoms. The number of tetrazole rings is 1. The number of nitrogens with zero attached hydrogens (tertiary/aromatic N) is 4. The van der Waals surface area contributed by atoms with E-state index in [4.69, 9.17) is 0 Å². The summed E-state index contributed by atoms with van der Waals surface area (Å²) in [6, 6.07) is 1.90. The van der Waals surface area contributed by atoms with Crippen molar-refractivity contribution in [1.29, 1.82) is 0 Å². The number of halogens is 3. The van der Waals surface area contributed by atoms with E-state index in [1.807, 2.05) is 6.92 Å². The van der Waals surface area contributed by atoms with Gasteiger partial charge >= 0.3 is 0 Å². The van der Waals surface area contributed by atoms with Crippen molar-refractivity contribution in [2.45, 2.75) is 13.0 Å². The van der Waals surface area contributed by atoms with Gasteiger partial charge in [-0.15, -0.1) is 5.10 Å². The molecule has 8 heteroatoms. The number of hydrogen-bond acceptors (Lipinski definition) is 4. The van der Waals surface area contributed by atoms with Gasteiger partial charge in [-0.3, -0.25) is 0 Å². The molecule has 0 aliphatic heterocycles. The van der Waals surface area contributed by atoms with Gasteiger partial charge in [-0.05, 0) is 46.4 Å². The zero-order valence-electron chi connectivity index (χ0n) is 9.65. The molecule has 0 aliphatic rings. The van der Waals surface area contributed by atoms with Crippen molar-refractivity contribution >= 4 is 15.9 Å². The highest BCUT2D eigenvalue weighted by molar-refractivity contribution is 9.10. The average molecular weight is 318 g/mol. The standard InChI is InChI=1S/C10H10BrF2N5/c1-5(14-2)10-15-16-17-18(10)9-4-7(12)6(11)3-8(9)13/h3-5,14H,1-2H3. The minimum atomic E-state index is -0.611. The van der Waals surface area contributed by atoms with Crippen LogP contribution in [0.3, 0.4) is 0 Å². The Morgan fingerprint density at radius 3 is 2.72 bits per heavy atom. The summed E-state index contributed by atoms with van der Waals surface area (Å²) in [5.41, 5.74) is -0.0298. The lowest BCUT2D eigenvalue weighted by Gasteiger charge is -2.11. The first-order valence-corrected chi connectivity index (χ1v) is 5.94. The fourth-order valence-corrected chi connectivity index (χ4v) is 1.75. The molecular weight excluding hydrogens is 308 g/mol. The lowest BCUT2D eigenvalue weighted by molar-refractivity contribution is 0.555. The normalized spacial score (nSPS) is 12.7. The largest absolute Gasteiger partial charge is 0.311 e. The summed E-state index contributed by atoms with van der Waals surface area (Å²) >= 11 is 2.92. The maximum atomic E-state index is 13.8.